The van der Waals surface area contributed by atoms with Crippen molar-refractivity contribution in [2.75, 3.05) is 27.9 Å². The summed E-state index contributed by atoms with van der Waals surface area (Å²) in [5, 5.41) is 73.1. The molecule has 16 heteroatoms. The molecule has 5 rings (SSSR count). The van der Waals surface area contributed by atoms with E-state index in [1.165, 1.54) is 34.3 Å². The zero-order valence-electron chi connectivity index (χ0n) is 25.2. The van der Waals surface area contributed by atoms with Crippen LogP contribution in [0.1, 0.15) is 6.92 Å². The molecule has 0 radical (unpaired) electrons. The quantitative estimate of drug-likeness (QED) is 0.150. The highest BCUT2D eigenvalue weighted by molar-refractivity contribution is 5.95. The average Bonchev–Trinajstić information content (AvgIpc) is 3.05. The molecule has 3 heterocycles. The monoisotopic (exact) mass is 652 g/mol. The molecule has 0 unspecified atom stereocenters. The van der Waals surface area contributed by atoms with Gasteiger partial charge < -0.3 is 73.3 Å². The summed E-state index contributed by atoms with van der Waals surface area (Å²) in [4.78, 5) is 13.2. The minimum absolute atomic E-state index is 0.109. The molecule has 0 spiro atoms. The second kappa shape index (κ2) is 13.6. The highest BCUT2D eigenvalue weighted by Gasteiger charge is 2.48. The van der Waals surface area contributed by atoms with Crippen LogP contribution in [0.15, 0.2) is 39.5 Å². The summed E-state index contributed by atoms with van der Waals surface area (Å²) in [7, 11) is 3.91. The van der Waals surface area contributed by atoms with Gasteiger partial charge in [0.2, 0.25) is 23.5 Å². The van der Waals surface area contributed by atoms with Gasteiger partial charge in [0.1, 0.15) is 59.6 Å². The number of aliphatic hydroxyl groups is 6. The van der Waals surface area contributed by atoms with Crippen LogP contribution in [0.4, 0.5) is 0 Å². The van der Waals surface area contributed by atoms with Gasteiger partial charge in [0, 0.05) is 11.6 Å². The summed E-state index contributed by atoms with van der Waals surface area (Å²) in [5.74, 6) is -1.00. The van der Waals surface area contributed by atoms with Crippen LogP contribution in [0.5, 0.6) is 28.7 Å². The van der Waals surface area contributed by atoms with Crippen LogP contribution in [-0.4, -0.2) is 125 Å². The lowest BCUT2D eigenvalue weighted by molar-refractivity contribution is -0.318. The van der Waals surface area contributed by atoms with Crippen molar-refractivity contribution in [1.29, 1.82) is 0 Å². The highest BCUT2D eigenvalue weighted by Crippen LogP contribution is 2.51. The van der Waals surface area contributed by atoms with E-state index >= 15 is 0 Å². The Morgan fingerprint density at radius 1 is 0.739 bits per heavy atom. The van der Waals surface area contributed by atoms with E-state index in [9.17, 15) is 40.5 Å². The molecule has 2 aliphatic heterocycles. The zero-order valence-corrected chi connectivity index (χ0v) is 25.2. The summed E-state index contributed by atoms with van der Waals surface area (Å²) in [6.07, 6.45) is -15.5. The standard InChI is InChI=1S/C30H36O16/c1-11-18(32)21(35)23(37)29(43-11)42-10-16-19(33)22(36)24(38)30(45-16)46-28-26(40-3)20(34)17-14(31)9-15(44-25(17)27(28)41-4)12-5-7-13(39-2)8-6-12/h5-9,11,16,18-19,21-24,29-30,32-38H,10H2,1-4H3/t11-,16+,18-,19+,21+,22-,23+,24+,29+,30-/m0/s1. The number of aliphatic hydroxyl groups excluding tert-OH is 6. The van der Waals surface area contributed by atoms with Gasteiger partial charge >= 0.3 is 0 Å². The van der Waals surface area contributed by atoms with Gasteiger partial charge in [0.25, 0.3) is 0 Å². The lowest BCUT2D eigenvalue weighted by atomic mass is 9.98. The molecule has 2 fully saturated rings. The summed E-state index contributed by atoms with van der Waals surface area (Å²) in [6, 6.07) is 7.79. The maximum Gasteiger partial charge on any atom is 0.229 e. The van der Waals surface area contributed by atoms with Crippen molar-refractivity contribution in [3.63, 3.8) is 0 Å². The first-order chi connectivity index (χ1) is 21.9. The summed E-state index contributed by atoms with van der Waals surface area (Å²) >= 11 is 0. The summed E-state index contributed by atoms with van der Waals surface area (Å²) < 4.78 is 44.5. The average molecular weight is 653 g/mol. The Labute approximate surface area is 261 Å². The fraction of sp³-hybridized carbons (Fsp3) is 0.500. The molecule has 7 N–H and O–H groups in total. The number of methoxy groups -OCH3 is 3. The predicted molar refractivity (Wildman–Crippen MR) is 155 cm³/mol. The minimum Gasteiger partial charge on any atom is -0.504 e. The van der Waals surface area contributed by atoms with E-state index in [2.05, 4.69) is 0 Å². The van der Waals surface area contributed by atoms with E-state index in [1.54, 1.807) is 24.3 Å². The number of hydrogen-bond acceptors (Lipinski definition) is 16. The van der Waals surface area contributed by atoms with Gasteiger partial charge in [0.05, 0.1) is 34.0 Å². The molecule has 0 bridgehead atoms. The largest absolute Gasteiger partial charge is 0.504 e. The van der Waals surface area contributed by atoms with Crippen LogP contribution in [0, 0.1) is 0 Å². The number of benzene rings is 2. The van der Waals surface area contributed by atoms with Gasteiger partial charge in [-0.15, -0.1) is 0 Å². The smallest absolute Gasteiger partial charge is 0.229 e. The van der Waals surface area contributed by atoms with Gasteiger partial charge in [-0.2, -0.15) is 0 Å². The lowest BCUT2D eigenvalue weighted by Crippen LogP contribution is -2.61. The van der Waals surface area contributed by atoms with Gasteiger partial charge in [-0.3, -0.25) is 4.79 Å². The van der Waals surface area contributed by atoms with E-state index in [1.807, 2.05) is 0 Å². The van der Waals surface area contributed by atoms with Gasteiger partial charge in [-0.25, -0.2) is 0 Å². The molecule has 0 saturated carbocycles. The van der Waals surface area contributed by atoms with Gasteiger partial charge in [-0.05, 0) is 31.2 Å². The van der Waals surface area contributed by atoms with Gasteiger partial charge in [-0.1, -0.05) is 0 Å². The van der Waals surface area contributed by atoms with Crippen molar-refractivity contribution in [2.24, 2.45) is 0 Å². The second-order valence-corrected chi connectivity index (χ2v) is 10.8. The van der Waals surface area contributed by atoms with Crippen LogP contribution in [0.3, 0.4) is 0 Å². The Kier molecular flexibility index (Phi) is 9.92. The maximum absolute atomic E-state index is 13.2. The normalized spacial score (nSPS) is 31.4. The van der Waals surface area contributed by atoms with Crippen molar-refractivity contribution < 1.29 is 73.3 Å². The molecule has 0 aliphatic carbocycles. The Morgan fingerprint density at radius 2 is 1.37 bits per heavy atom. The Balaban J connectivity index is 1.48. The molecule has 2 aromatic carbocycles. The third-order valence-electron chi connectivity index (χ3n) is 7.94. The lowest BCUT2D eigenvalue weighted by Gasteiger charge is -2.42. The number of hydrogen-bond donors (Lipinski definition) is 7. The van der Waals surface area contributed by atoms with Crippen LogP contribution in [0.2, 0.25) is 0 Å². The van der Waals surface area contributed by atoms with Crippen LogP contribution < -0.4 is 24.4 Å². The van der Waals surface area contributed by atoms with Crippen molar-refractivity contribution in [2.45, 2.75) is 68.3 Å². The summed E-state index contributed by atoms with van der Waals surface area (Å²) in [5.41, 5.74) is -0.385. The molecule has 0 amide bonds. The predicted octanol–water partition coefficient (Wildman–Crippen LogP) is -0.778. The zero-order chi connectivity index (χ0) is 33.4. The Hall–Kier alpha value is -3.71. The molecule has 10 atom stereocenters. The molecule has 46 heavy (non-hydrogen) atoms. The van der Waals surface area contributed by atoms with E-state index in [0.717, 1.165) is 0 Å². The van der Waals surface area contributed by atoms with E-state index in [-0.39, 0.29) is 28.2 Å². The number of phenolic OH excluding ortho intramolecular Hbond substituents is 1. The van der Waals surface area contributed by atoms with Crippen molar-refractivity contribution >= 4 is 11.0 Å². The van der Waals surface area contributed by atoms with Crippen molar-refractivity contribution in [3.8, 4) is 40.1 Å². The number of rotatable bonds is 9. The highest BCUT2D eigenvalue weighted by atomic mass is 16.7. The number of fused-ring (bicyclic) bond motifs is 1. The molecule has 252 valence electrons. The number of ether oxygens (including phenoxy) is 7. The number of phenols is 1. The van der Waals surface area contributed by atoms with Crippen molar-refractivity contribution in [3.05, 3.63) is 40.6 Å². The Bertz CT molecular complexity index is 1570. The minimum atomic E-state index is -1.87. The van der Waals surface area contributed by atoms with Crippen molar-refractivity contribution in [1.82, 2.24) is 0 Å². The molecular weight excluding hydrogens is 616 g/mol. The SMILES string of the molecule is COc1ccc(-c2cc(=O)c3c(O)c(OC)c(O[C@@H]4O[C@H](CO[C@@H]5O[C@@H](C)[C@H](O)[C@@H](O)[C@H]5O)[C@@H](O)[C@H](O)[C@H]4O)c(OC)c3o2)cc1. The van der Waals surface area contributed by atoms with Gasteiger partial charge in [0.15, 0.2) is 23.1 Å². The van der Waals surface area contributed by atoms with E-state index in [0.29, 0.717) is 11.3 Å². The number of aromatic hydroxyl groups is 1. The maximum atomic E-state index is 13.2. The van der Waals surface area contributed by atoms with Crippen LogP contribution in [-0.2, 0) is 14.2 Å². The topological polar surface area (TPSA) is 236 Å². The third kappa shape index (κ3) is 6.06. The second-order valence-electron chi connectivity index (χ2n) is 10.8. The molecular formula is C30H36O16. The van der Waals surface area contributed by atoms with Crippen LogP contribution in [0.25, 0.3) is 22.3 Å². The first-order valence-electron chi connectivity index (χ1n) is 14.2. The molecule has 2 aliphatic rings. The molecule has 2 saturated heterocycles. The van der Waals surface area contributed by atoms with E-state index in [4.69, 9.17) is 37.6 Å². The fourth-order valence-corrected chi connectivity index (χ4v) is 5.29. The first kappa shape index (κ1) is 33.6. The molecule has 3 aromatic rings. The third-order valence-corrected chi connectivity index (χ3v) is 7.94. The molecule has 1 aromatic heterocycles. The van der Waals surface area contributed by atoms with Crippen LogP contribution >= 0.6 is 0 Å². The fourth-order valence-electron chi connectivity index (χ4n) is 5.29. The van der Waals surface area contributed by atoms with E-state index < -0.39 is 84.9 Å². The Morgan fingerprint density at radius 3 is 2.00 bits per heavy atom. The first-order valence-corrected chi connectivity index (χ1v) is 14.2. The molecule has 16 nitrogen and oxygen atoms in total. The summed E-state index contributed by atoms with van der Waals surface area (Å²) in [6.45, 7) is 0.910.